The molecule has 0 saturated carbocycles. The molecular weight excluding hydrogens is 420 g/mol. The number of thiophene rings is 1. The standard InChI is InChI=1S/C18H19ClN4O3S2/c1-22-11-10-20-18(22)17(13-6-4-3-5-7-13)21-15(24)12-23(2)28(25,26)16-9-8-14(19)27-16/h3-11,17H,12H2,1-2H3,(H,21,24). The van der Waals surface area contributed by atoms with Gasteiger partial charge in [-0.25, -0.2) is 13.4 Å². The lowest BCUT2D eigenvalue weighted by molar-refractivity contribution is -0.121. The normalized spacial score (nSPS) is 12.9. The molecule has 7 nitrogen and oxygen atoms in total. The molecule has 0 spiro atoms. The van der Waals surface area contributed by atoms with Gasteiger partial charge in [0.05, 0.1) is 10.9 Å². The van der Waals surface area contributed by atoms with Crippen molar-refractivity contribution >= 4 is 38.9 Å². The average molecular weight is 439 g/mol. The number of aryl methyl sites for hydroxylation is 1. The third-order valence-corrected chi connectivity index (χ3v) is 7.64. The first-order valence-electron chi connectivity index (χ1n) is 8.32. The van der Waals surface area contributed by atoms with E-state index in [0.717, 1.165) is 21.2 Å². The number of hydrogen-bond donors (Lipinski definition) is 1. The molecule has 1 amide bonds. The molecule has 2 heterocycles. The summed E-state index contributed by atoms with van der Waals surface area (Å²) < 4.78 is 28.5. The minimum atomic E-state index is -3.79. The molecule has 28 heavy (non-hydrogen) atoms. The summed E-state index contributed by atoms with van der Waals surface area (Å²) in [5, 5.41) is 2.89. The molecule has 148 valence electrons. The Morgan fingerprint density at radius 2 is 2.00 bits per heavy atom. The van der Waals surface area contributed by atoms with Gasteiger partial charge in [-0.15, -0.1) is 11.3 Å². The van der Waals surface area contributed by atoms with Gasteiger partial charge in [0.1, 0.15) is 16.1 Å². The minimum absolute atomic E-state index is 0.0940. The molecule has 1 atom stereocenters. The van der Waals surface area contributed by atoms with Crippen molar-refractivity contribution in [3.05, 3.63) is 70.6 Å². The molecule has 0 radical (unpaired) electrons. The Bertz CT molecular complexity index is 1060. The van der Waals surface area contributed by atoms with Crippen LogP contribution in [-0.2, 0) is 21.9 Å². The van der Waals surface area contributed by atoms with Gasteiger partial charge < -0.3 is 9.88 Å². The quantitative estimate of drug-likeness (QED) is 0.614. The molecule has 0 bridgehead atoms. The van der Waals surface area contributed by atoms with Gasteiger partial charge in [-0.2, -0.15) is 4.31 Å². The predicted molar refractivity (Wildman–Crippen MR) is 109 cm³/mol. The summed E-state index contributed by atoms with van der Waals surface area (Å²) in [6.45, 7) is -0.328. The number of imidazole rings is 1. The van der Waals surface area contributed by atoms with Crippen molar-refractivity contribution < 1.29 is 13.2 Å². The van der Waals surface area contributed by atoms with Crippen LogP contribution in [0.5, 0.6) is 0 Å². The molecule has 1 N–H and O–H groups in total. The van der Waals surface area contributed by atoms with Crippen LogP contribution in [0.4, 0.5) is 0 Å². The highest BCUT2D eigenvalue weighted by Crippen LogP contribution is 2.27. The van der Waals surface area contributed by atoms with Gasteiger partial charge >= 0.3 is 0 Å². The first-order valence-corrected chi connectivity index (χ1v) is 11.0. The number of benzene rings is 1. The molecule has 3 rings (SSSR count). The van der Waals surface area contributed by atoms with Crippen molar-refractivity contribution in [2.45, 2.75) is 10.3 Å². The summed E-state index contributed by atoms with van der Waals surface area (Å²) in [5.74, 6) is 0.209. The minimum Gasteiger partial charge on any atom is -0.341 e. The van der Waals surface area contributed by atoms with Gasteiger partial charge in [0.25, 0.3) is 10.0 Å². The van der Waals surface area contributed by atoms with E-state index in [2.05, 4.69) is 10.3 Å². The van der Waals surface area contributed by atoms with E-state index in [9.17, 15) is 13.2 Å². The summed E-state index contributed by atoms with van der Waals surface area (Å²) >= 11 is 6.78. The molecule has 10 heteroatoms. The maximum Gasteiger partial charge on any atom is 0.252 e. The largest absolute Gasteiger partial charge is 0.341 e. The van der Waals surface area contributed by atoms with Gasteiger partial charge in [-0.1, -0.05) is 41.9 Å². The smallest absolute Gasteiger partial charge is 0.252 e. The number of nitrogens with zero attached hydrogens (tertiary/aromatic N) is 3. The lowest BCUT2D eigenvalue weighted by atomic mass is 10.1. The van der Waals surface area contributed by atoms with Crippen molar-refractivity contribution in [1.29, 1.82) is 0 Å². The third kappa shape index (κ3) is 4.44. The zero-order valence-corrected chi connectivity index (χ0v) is 17.6. The Morgan fingerprint density at radius 1 is 1.29 bits per heavy atom. The Labute approximate surface area is 172 Å². The molecule has 0 fully saturated rings. The number of amides is 1. The number of halogens is 1. The van der Waals surface area contributed by atoms with Gasteiger partial charge in [-0.3, -0.25) is 4.79 Å². The highest BCUT2D eigenvalue weighted by molar-refractivity contribution is 7.91. The number of sulfonamides is 1. The van der Waals surface area contributed by atoms with Crippen molar-refractivity contribution in [3.8, 4) is 0 Å². The second-order valence-electron chi connectivity index (χ2n) is 6.13. The number of carbonyl (C=O) groups is 1. The van der Waals surface area contributed by atoms with E-state index in [-0.39, 0.29) is 10.8 Å². The van der Waals surface area contributed by atoms with Crippen LogP contribution in [-0.4, -0.2) is 41.8 Å². The lowest BCUT2D eigenvalue weighted by Gasteiger charge is -2.21. The third-order valence-electron chi connectivity index (χ3n) is 4.13. The molecule has 0 aliphatic rings. The van der Waals surface area contributed by atoms with E-state index < -0.39 is 22.0 Å². The fourth-order valence-corrected chi connectivity index (χ4v) is 5.50. The summed E-state index contributed by atoms with van der Waals surface area (Å²) in [6.07, 6.45) is 3.43. The molecule has 0 aliphatic carbocycles. The second kappa shape index (κ2) is 8.44. The molecular formula is C18H19ClN4O3S2. The van der Waals surface area contributed by atoms with E-state index in [0.29, 0.717) is 10.2 Å². The Morgan fingerprint density at radius 3 is 2.57 bits per heavy atom. The van der Waals surface area contributed by atoms with E-state index in [4.69, 9.17) is 11.6 Å². The van der Waals surface area contributed by atoms with Crippen molar-refractivity contribution in [2.24, 2.45) is 7.05 Å². The molecule has 0 saturated heterocycles. The zero-order valence-electron chi connectivity index (χ0n) is 15.2. The topological polar surface area (TPSA) is 84.3 Å². The van der Waals surface area contributed by atoms with Crippen LogP contribution in [0.1, 0.15) is 17.4 Å². The van der Waals surface area contributed by atoms with Crippen LogP contribution >= 0.6 is 22.9 Å². The zero-order chi connectivity index (χ0) is 20.3. The first-order chi connectivity index (χ1) is 13.3. The molecule has 3 aromatic rings. The van der Waals surface area contributed by atoms with Gasteiger partial charge in [-0.05, 0) is 17.7 Å². The van der Waals surface area contributed by atoms with Crippen LogP contribution < -0.4 is 5.32 Å². The fraction of sp³-hybridized carbons (Fsp3) is 0.222. The molecule has 2 aromatic heterocycles. The van der Waals surface area contributed by atoms with Crippen molar-refractivity contribution in [2.75, 3.05) is 13.6 Å². The average Bonchev–Trinajstić information content (AvgIpc) is 3.29. The number of hydrogen-bond acceptors (Lipinski definition) is 5. The summed E-state index contributed by atoms with van der Waals surface area (Å²) in [7, 11) is -0.593. The van der Waals surface area contributed by atoms with Crippen molar-refractivity contribution in [1.82, 2.24) is 19.2 Å². The van der Waals surface area contributed by atoms with Gasteiger partial charge in [0.2, 0.25) is 5.91 Å². The molecule has 0 aliphatic heterocycles. The highest BCUT2D eigenvalue weighted by Gasteiger charge is 2.27. The van der Waals surface area contributed by atoms with Crippen LogP contribution in [0.2, 0.25) is 4.34 Å². The maximum atomic E-state index is 12.6. The van der Waals surface area contributed by atoms with E-state index in [1.54, 1.807) is 12.4 Å². The van der Waals surface area contributed by atoms with E-state index in [1.807, 2.05) is 41.9 Å². The Kier molecular flexibility index (Phi) is 6.19. The Balaban J connectivity index is 1.78. The second-order valence-corrected chi connectivity index (χ2v) is 10.1. The monoisotopic (exact) mass is 438 g/mol. The summed E-state index contributed by atoms with van der Waals surface area (Å²) in [4.78, 5) is 17.0. The predicted octanol–water partition coefficient (Wildman–Crippen LogP) is 2.66. The highest BCUT2D eigenvalue weighted by atomic mass is 35.5. The van der Waals surface area contributed by atoms with E-state index in [1.165, 1.54) is 19.2 Å². The van der Waals surface area contributed by atoms with Gasteiger partial charge in [0.15, 0.2) is 0 Å². The lowest BCUT2D eigenvalue weighted by Crippen LogP contribution is -2.40. The van der Waals surface area contributed by atoms with Crippen LogP contribution in [0.3, 0.4) is 0 Å². The molecule has 1 aromatic carbocycles. The van der Waals surface area contributed by atoms with Gasteiger partial charge in [0, 0.05) is 26.5 Å². The maximum absolute atomic E-state index is 12.6. The summed E-state index contributed by atoms with van der Waals surface area (Å²) in [6, 6.07) is 11.8. The number of nitrogens with one attached hydrogen (secondary N) is 1. The fourth-order valence-electron chi connectivity index (χ4n) is 2.68. The SMILES string of the molecule is CN(CC(=O)NC(c1ccccc1)c1nccn1C)S(=O)(=O)c1ccc(Cl)s1. The number of likely N-dealkylation sites (N-methyl/N-ethyl adjacent to an activating group) is 1. The Hall–Kier alpha value is -2.20. The number of aromatic nitrogens is 2. The number of rotatable bonds is 7. The number of carbonyl (C=O) groups excluding carboxylic acids is 1. The van der Waals surface area contributed by atoms with Crippen LogP contribution in [0.25, 0.3) is 0 Å². The molecule has 1 unspecified atom stereocenters. The van der Waals surface area contributed by atoms with Crippen LogP contribution in [0, 0.1) is 0 Å². The summed E-state index contributed by atoms with van der Waals surface area (Å²) in [5.41, 5.74) is 0.848. The van der Waals surface area contributed by atoms with Crippen molar-refractivity contribution in [3.63, 3.8) is 0 Å². The first kappa shape index (κ1) is 20.5. The van der Waals surface area contributed by atoms with Crippen LogP contribution in [0.15, 0.2) is 59.1 Å². The van der Waals surface area contributed by atoms with E-state index >= 15 is 0 Å².